The average molecular weight is 1180 g/mol. The summed E-state index contributed by atoms with van der Waals surface area (Å²) in [6, 6.07) is 74.3. The van der Waals surface area contributed by atoms with Crippen molar-refractivity contribution in [3.8, 4) is 78.6 Å². The zero-order valence-electron chi connectivity index (χ0n) is 52.1. The Morgan fingerprint density at radius 2 is 1.09 bits per heavy atom. The van der Waals surface area contributed by atoms with Crippen molar-refractivity contribution in [1.29, 1.82) is 0 Å². The Bertz CT molecular complexity index is 4820. The zero-order chi connectivity index (χ0) is 61.0. The Kier molecular flexibility index (Phi) is 8.88. The van der Waals surface area contributed by atoms with E-state index in [-0.39, 0.29) is 46.0 Å². The Morgan fingerprint density at radius 1 is 0.481 bits per heavy atom. The van der Waals surface area contributed by atoms with Crippen molar-refractivity contribution in [2.24, 2.45) is 0 Å². The van der Waals surface area contributed by atoms with Crippen molar-refractivity contribution in [3.63, 3.8) is 0 Å². The van der Waals surface area contributed by atoms with Crippen LogP contribution >= 0.6 is 0 Å². The van der Waals surface area contributed by atoms with Crippen LogP contribution in [-0.4, -0.2) is 21.1 Å². The number of pyridine rings is 1. The van der Waals surface area contributed by atoms with Gasteiger partial charge in [0.25, 0.3) is 0 Å². The number of ether oxygens (including phenoxy) is 1. The molecule has 0 saturated heterocycles. The van der Waals surface area contributed by atoms with E-state index in [9.17, 15) is 5.48 Å². The van der Waals surface area contributed by atoms with Crippen molar-refractivity contribution >= 4 is 46.4 Å². The minimum Gasteiger partial charge on any atom is -0.0601 e. The predicted octanol–water partition coefficient (Wildman–Crippen LogP) is 16.9. The Balaban J connectivity index is 0.950. The molecule has 2 aromatic heterocycles. The van der Waals surface area contributed by atoms with Crippen LogP contribution in [0.2, 0.25) is 0 Å². The van der Waals surface area contributed by atoms with Gasteiger partial charge in [0.15, 0.2) is 0 Å². The van der Waals surface area contributed by atoms with Crippen LogP contribution in [-0.2, 0) is 19.4 Å². The number of aryl methyl sites for hydroxylation is 2. The molecule has 0 unspecified atom stereocenters. The van der Waals surface area contributed by atoms with Crippen molar-refractivity contribution in [3.05, 3.63) is 269 Å². The fraction of sp³-hybridized carbons (Fsp3) is 0.0435. The third-order valence-electron chi connectivity index (χ3n) is 14.5. The topological polar surface area (TPSA) is 38.5 Å². The van der Waals surface area contributed by atoms with Crippen LogP contribution in [0.15, 0.2) is 249 Å². The number of para-hydroxylation sites is 6. The fourth-order valence-corrected chi connectivity index (χ4v) is 12.3. The molecule has 4 heterocycles. The number of rotatable bonds is 9. The number of nitrogens with zero attached hydrogens (tertiary/aromatic N) is 5. The molecule has 0 atom stereocenters. The summed E-state index contributed by atoms with van der Waals surface area (Å²) in [5, 5.41) is 0. The van der Waals surface area contributed by atoms with Gasteiger partial charge in [-0.2, -0.15) is 0 Å². The molecular weight excluding hydrogens is 1120 g/mol. The Morgan fingerprint density at radius 3 is 1.86 bits per heavy atom. The Hall–Kier alpha value is -9.03. The molecule has 12 aromatic rings. The van der Waals surface area contributed by atoms with Gasteiger partial charge in [-0.3, -0.25) is 0 Å². The maximum absolute atomic E-state index is 9.52. The fourth-order valence-electron chi connectivity index (χ4n) is 11.2. The number of benzene rings is 10. The molecule has 0 saturated carbocycles. The monoisotopic (exact) mass is 1180 g/mol. The van der Waals surface area contributed by atoms with Crippen LogP contribution in [0.5, 0.6) is 11.6 Å². The molecular formula is C69H50BN5OPt. The van der Waals surface area contributed by atoms with Crippen LogP contribution in [0, 0.1) is 24.4 Å². The summed E-state index contributed by atoms with van der Waals surface area (Å²) in [5.41, 5.74) is 13.0. The number of fused-ring (bicyclic) bond motifs is 9. The molecule has 8 heteroatoms. The second-order valence-electron chi connectivity index (χ2n) is 19.0. The van der Waals surface area contributed by atoms with E-state index in [4.69, 9.17) is 19.3 Å². The summed E-state index contributed by atoms with van der Waals surface area (Å²) in [5.74, 6) is 0.534. The van der Waals surface area contributed by atoms with Crippen LogP contribution in [0.1, 0.15) is 31.8 Å². The van der Waals surface area contributed by atoms with E-state index in [1.165, 1.54) is 6.07 Å². The van der Waals surface area contributed by atoms with Crippen LogP contribution in [0.4, 0.5) is 22.9 Å². The van der Waals surface area contributed by atoms with Crippen molar-refractivity contribution in [2.75, 3.05) is 9.62 Å². The van der Waals surface area contributed by atoms with Gasteiger partial charge in [0, 0.05) is 15.4 Å². The molecule has 0 amide bonds. The van der Waals surface area contributed by atoms with E-state index in [2.05, 4.69) is 81.8 Å². The van der Waals surface area contributed by atoms with Gasteiger partial charge < -0.3 is 0 Å². The number of imidazole rings is 1. The number of hydrogen-bond donors (Lipinski definition) is 0. The SMILES string of the molecule is [2H]c1cc2c(c([2H])c1C([2H])([2H])[2H])-c1ccccc1N1B2N(c2cc(C([2H])([2H])[2H])c(-c3ccccc3)c(Oc3cccc(-n4[c](=[Pt])n(-c5c(-c6ccc(-c7ccccc7)cc6)cccc5-c5cccc(C([2H])([2H])[2H])c5)c5ccccc54)c3)n2)c2ccccc21. The molecule has 0 radical (unpaired) electrons. The van der Waals surface area contributed by atoms with Gasteiger partial charge in [-0.05, 0) is 24.5 Å². The number of anilines is 4. The van der Waals surface area contributed by atoms with Crippen molar-refractivity contribution < 1.29 is 39.2 Å². The molecule has 2 aliphatic rings. The first-order chi connectivity index (χ1) is 42.3. The van der Waals surface area contributed by atoms with E-state index in [0.717, 1.165) is 59.6 Å². The van der Waals surface area contributed by atoms with Crippen molar-refractivity contribution in [2.45, 2.75) is 20.6 Å². The predicted molar refractivity (Wildman–Crippen MR) is 314 cm³/mol. The van der Waals surface area contributed by atoms with Gasteiger partial charge in [-0.25, -0.2) is 0 Å². The standard InChI is InChI=1S/C69H50BN5O.Pt/c1-46-19-16-24-53(41-46)57-29-18-28-56(51-38-36-50(37-39-51)49-20-6-4-7-21-49)68(57)73-45-72(62-31-12-13-32-63(62)73)54-25-17-26-55(44-54)76-69-67(52-22-8-5-9-23-52)48(3)43-66(71-69)75-65-34-15-14-33-64(65)74-61-30-11-10-27-58(61)59-42-47(2)35-40-60(59)70(74)75;/h4-44H,1-3H3;/i1D3,2D3,3D3,35D,42D;. The summed E-state index contributed by atoms with van der Waals surface area (Å²) in [4.78, 5) is 9.31. The number of aromatic nitrogens is 3. The van der Waals surface area contributed by atoms with Gasteiger partial charge in [0.2, 0.25) is 0 Å². The van der Waals surface area contributed by atoms with Gasteiger partial charge >= 0.3 is 381 Å². The van der Waals surface area contributed by atoms with Crippen LogP contribution < -0.4 is 19.8 Å². The minimum absolute atomic E-state index is 0.00198. The summed E-state index contributed by atoms with van der Waals surface area (Å²) in [6.07, 6.45) is 0. The van der Waals surface area contributed by atoms with Gasteiger partial charge in [-0.15, -0.1) is 0 Å². The molecule has 0 spiro atoms. The molecule has 14 rings (SSSR count). The summed E-state index contributed by atoms with van der Waals surface area (Å²) in [6.45, 7) is -8.69. The zero-order valence-corrected chi connectivity index (χ0v) is 43.3. The molecule has 370 valence electrons. The molecule has 2 aliphatic heterocycles. The quantitative estimate of drug-likeness (QED) is 0.135. The second kappa shape index (κ2) is 19.0. The van der Waals surface area contributed by atoms with Crippen LogP contribution in [0.3, 0.4) is 0 Å². The summed E-state index contributed by atoms with van der Waals surface area (Å²) < 4.78 is 109. The van der Waals surface area contributed by atoms with Gasteiger partial charge in [-0.1, -0.05) is 54.0 Å². The van der Waals surface area contributed by atoms with E-state index in [0.29, 0.717) is 45.0 Å². The molecule has 0 fully saturated rings. The number of hydrogen-bond acceptors (Lipinski definition) is 4. The van der Waals surface area contributed by atoms with E-state index in [1.807, 2.05) is 156 Å². The minimum atomic E-state index is -2.75. The average Bonchev–Trinajstić information content (AvgIpc) is 2.02. The molecule has 0 N–H and O–H groups in total. The first kappa shape index (κ1) is 36.0. The molecule has 0 bridgehead atoms. The van der Waals surface area contributed by atoms with Crippen molar-refractivity contribution in [1.82, 2.24) is 14.1 Å². The third kappa shape index (κ3) is 7.92. The Labute approximate surface area is 475 Å². The second-order valence-corrected chi connectivity index (χ2v) is 20.1. The molecule has 10 aromatic carbocycles. The molecule has 6 nitrogen and oxygen atoms in total. The third-order valence-corrected chi connectivity index (χ3v) is 15.5. The maximum atomic E-state index is 9.52. The first-order valence-corrected chi connectivity index (χ1v) is 26.4. The van der Waals surface area contributed by atoms with E-state index >= 15 is 0 Å². The van der Waals surface area contributed by atoms with E-state index < -0.39 is 27.5 Å². The van der Waals surface area contributed by atoms with Crippen LogP contribution in [0.25, 0.3) is 78.0 Å². The first-order valence-electron chi connectivity index (χ1n) is 30.7. The normalized spacial score (nSPS) is 14.9. The van der Waals surface area contributed by atoms with Gasteiger partial charge in [0.1, 0.15) is 0 Å². The smallest absolute Gasteiger partial charge is 0.0601 e. The molecule has 77 heavy (non-hydrogen) atoms. The van der Waals surface area contributed by atoms with E-state index in [1.54, 1.807) is 30.3 Å². The summed E-state index contributed by atoms with van der Waals surface area (Å²) in [7, 11) is 0. The van der Waals surface area contributed by atoms with Gasteiger partial charge in [0.05, 0.1) is 2.74 Å². The molecule has 0 aliphatic carbocycles. The summed E-state index contributed by atoms with van der Waals surface area (Å²) >= 11 is 2.35.